The standard InChI is InChI=1S/C11H12N4O/c1-7-4-3-5-9(13-7)10-6-12-11(15-10)14-8(2)16/h3-6H,1-2H3,(H2,12,14,15,16). The minimum atomic E-state index is -0.155. The number of anilines is 1. The van der Waals surface area contributed by atoms with E-state index in [0.29, 0.717) is 5.95 Å². The average Bonchev–Trinajstić information content (AvgIpc) is 2.65. The van der Waals surface area contributed by atoms with Gasteiger partial charge in [0.1, 0.15) is 0 Å². The summed E-state index contributed by atoms with van der Waals surface area (Å²) in [4.78, 5) is 22.2. The smallest absolute Gasteiger partial charge is 0.223 e. The molecule has 0 aliphatic heterocycles. The summed E-state index contributed by atoms with van der Waals surface area (Å²) in [6.45, 7) is 3.36. The highest BCUT2D eigenvalue weighted by Gasteiger charge is 2.05. The SMILES string of the molecule is CC(=O)Nc1ncc(-c2cccc(C)n2)[nH]1. The number of carbonyl (C=O) groups excluding carboxylic acids is 1. The van der Waals surface area contributed by atoms with Gasteiger partial charge in [0.25, 0.3) is 0 Å². The third-order valence-electron chi connectivity index (χ3n) is 2.03. The van der Waals surface area contributed by atoms with Crippen molar-refractivity contribution in [3.63, 3.8) is 0 Å². The molecule has 1 amide bonds. The molecule has 0 fully saturated rings. The summed E-state index contributed by atoms with van der Waals surface area (Å²) >= 11 is 0. The summed E-state index contributed by atoms with van der Waals surface area (Å²) in [5.41, 5.74) is 2.53. The van der Waals surface area contributed by atoms with Gasteiger partial charge < -0.3 is 4.98 Å². The van der Waals surface area contributed by atoms with Gasteiger partial charge in [0, 0.05) is 12.6 Å². The van der Waals surface area contributed by atoms with Gasteiger partial charge in [-0.1, -0.05) is 6.07 Å². The Morgan fingerprint density at radius 1 is 1.44 bits per heavy atom. The fourth-order valence-corrected chi connectivity index (χ4v) is 1.37. The molecule has 0 unspecified atom stereocenters. The van der Waals surface area contributed by atoms with Gasteiger partial charge >= 0.3 is 0 Å². The highest BCUT2D eigenvalue weighted by Crippen LogP contribution is 2.16. The van der Waals surface area contributed by atoms with Crippen LogP contribution >= 0.6 is 0 Å². The summed E-state index contributed by atoms with van der Waals surface area (Å²) in [6, 6.07) is 5.74. The normalized spacial score (nSPS) is 10.1. The number of aryl methyl sites for hydroxylation is 1. The Kier molecular flexibility index (Phi) is 2.68. The second-order valence-corrected chi connectivity index (χ2v) is 3.49. The molecule has 0 bridgehead atoms. The Balaban J connectivity index is 2.28. The van der Waals surface area contributed by atoms with Crippen molar-refractivity contribution in [3.8, 4) is 11.4 Å². The Bertz CT molecular complexity index is 518. The lowest BCUT2D eigenvalue weighted by Crippen LogP contribution is -2.06. The molecule has 2 rings (SSSR count). The van der Waals surface area contributed by atoms with Crippen LogP contribution in [0.4, 0.5) is 5.95 Å². The van der Waals surface area contributed by atoms with Gasteiger partial charge in [0.15, 0.2) is 0 Å². The first-order chi connectivity index (χ1) is 7.65. The third kappa shape index (κ3) is 2.25. The molecule has 0 saturated carbocycles. The summed E-state index contributed by atoms with van der Waals surface area (Å²) < 4.78 is 0. The van der Waals surface area contributed by atoms with Crippen molar-refractivity contribution in [2.24, 2.45) is 0 Å². The third-order valence-corrected chi connectivity index (χ3v) is 2.03. The lowest BCUT2D eigenvalue weighted by molar-refractivity contribution is -0.114. The zero-order valence-corrected chi connectivity index (χ0v) is 9.11. The van der Waals surface area contributed by atoms with Crippen LogP contribution in [0.1, 0.15) is 12.6 Å². The van der Waals surface area contributed by atoms with Gasteiger partial charge in [-0.2, -0.15) is 0 Å². The van der Waals surface area contributed by atoms with Crippen molar-refractivity contribution < 1.29 is 4.79 Å². The number of H-pyrrole nitrogens is 1. The number of nitrogens with zero attached hydrogens (tertiary/aromatic N) is 2. The number of hydrogen-bond donors (Lipinski definition) is 2. The molecular weight excluding hydrogens is 204 g/mol. The zero-order valence-electron chi connectivity index (χ0n) is 9.11. The fraction of sp³-hybridized carbons (Fsp3) is 0.182. The van der Waals surface area contributed by atoms with Crippen LogP contribution in [0, 0.1) is 6.92 Å². The summed E-state index contributed by atoms with van der Waals surface area (Å²) in [5.74, 6) is 0.281. The topological polar surface area (TPSA) is 70.7 Å². The largest absolute Gasteiger partial charge is 0.323 e. The molecule has 0 atom stereocenters. The number of imidazole rings is 1. The van der Waals surface area contributed by atoms with Gasteiger partial charge in [-0.25, -0.2) is 4.98 Å². The molecular formula is C11H12N4O. The molecule has 82 valence electrons. The van der Waals surface area contributed by atoms with E-state index in [9.17, 15) is 4.79 Å². The van der Waals surface area contributed by atoms with Crippen LogP contribution < -0.4 is 5.32 Å². The van der Waals surface area contributed by atoms with Gasteiger partial charge in [0.2, 0.25) is 11.9 Å². The predicted molar refractivity (Wildman–Crippen MR) is 60.9 cm³/mol. The van der Waals surface area contributed by atoms with Crippen LogP contribution in [-0.4, -0.2) is 20.9 Å². The van der Waals surface area contributed by atoms with Crippen molar-refractivity contribution in [2.45, 2.75) is 13.8 Å². The number of rotatable bonds is 2. The number of aromatic nitrogens is 3. The Morgan fingerprint density at radius 2 is 2.25 bits per heavy atom. The second kappa shape index (κ2) is 4.14. The molecule has 0 aliphatic carbocycles. The molecule has 0 spiro atoms. The van der Waals surface area contributed by atoms with Gasteiger partial charge in [-0.15, -0.1) is 0 Å². The molecule has 2 heterocycles. The highest BCUT2D eigenvalue weighted by atomic mass is 16.1. The molecule has 0 saturated heterocycles. The first-order valence-electron chi connectivity index (χ1n) is 4.92. The van der Waals surface area contributed by atoms with E-state index in [1.807, 2.05) is 25.1 Å². The van der Waals surface area contributed by atoms with E-state index < -0.39 is 0 Å². The first-order valence-corrected chi connectivity index (χ1v) is 4.92. The average molecular weight is 216 g/mol. The molecule has 5 nitrogen and oxygen atoms in total. The number of aromatic amines is 1. The monoisotopic (exact) mass is 216 g/mol. The van der Waals surface area contributed by atoms with Crippen molar-refractivity contribution >= 4 is 11.9 Å². The lowest BCUT2D eigenvalue weighted by atomic mass is 10.2. The Labute approximate surface area is 92.9 Å². The summed E-state index contributed by atoms with van der Waals surface area (Å²) in [5, 5.41) is 2.58. The number of carbonyl (C=O) groups is 1. The molecule has 0 aliphatic rings. The lowest BCUT2D eigenvalue weighted by Gasteiger charge is -1.98. The van der Waals surface area contributed by atoms with E-state index in [4.69, 9.17) is 0 Å². The number of pyridine rings is 1. The van der Waals surface area contributed by atoms with Crippen LogP contribution in [0.25, 0.3) is 11.4 Å². The Morgan fingerprint density at radius 3 is 2.94 bits per heavy atom. The molecule has 0 radical (unpaired) electrons. The molecule has 5 heteroatoms. The quantitative estimate of drug-likeness (QED) is 0.803. The minimum Gasteiger partial charge on any atom is -0.323 e. The molecule has 2 aromatic heterocycles. The zero-order chi connectivity index (χ0) is 11.5. The van der Waals surface area contributed by atoms with E-state index in [-0.39, 0.29) is 5.91 Å². The maximum atomic E-state index is 10.8. The first kappa shape index (κ1) is 10.4. The van der Waals surface area contributed by atoms with E-state index in [1.54, 1.807) is 6.20 Å². The number of amides is 1. The minimum absolute atomic E-state index is 0.155. The van der Waals surface area contributed by atoms with Gasteiger partial charge in [-0.3, -0.25) is 15.1 Å². The van der Waals surface area contributed by atoms with E-state index in [1.165, 1.54) is 6.92 Å². The number of hydrogen-bond acceptors (Lipinski definition) is 3. The molecule has 16 heavy (non-hydrogen) atoms. The van der Waals surface area contributed by atoms with Crippen LogP contribution in [0.2, 0.25) is 0 Å². The van der Waals surface area contributed by atoms with E-state index in [2.05, 4.69) is 20.3 Å². The van der Waals surface area contributed by atoms with Crippen molar-refractivity contribution in [3.05, 3.63) is 30.1 Å². The van der Waals surface area contributed by atoms with Crippen molar-refractivity contribution in [2.75, 3.05) is 5.32 Å². The molecule has 2 N–H and O–H groups in total. The number of nitrogens with one attached hydrogen (secondary N) is 2. The van der Waals surface area contributed by atoms with Gasteiger partial charge in [-0.05, 0) is 19.1 Å². The van der Waals surface area contributed by atoms with Crippen molar-refractivity contribution in [1.29, 1.82) is 0 Å². The van der Waals surface area contributed by atoms with Gasteiger partial charge in [0.05, 0.1) is 17.6 Å². The maximum absolute atomic E-state index is 10.8. The van der Waals surface area contributed by atoms with Crippen LogP contribution in [0.5, 0.6) is 0 Å². The molecule has 2 aromatic rings. The summed E-state index contributed by atoms with van der Waals surface area (Å²) in [6.07, 6.45) is 1.65. The van der Waals surface area contributed by atoms with Crippen molar-refractivity contribution in [1.82, 2.24) is 15.0 Å². The van der Waals surface area contributed by atoms with Crippen LogP contribution in [0.15, 0.2) is 24.4 Å². The summed E-state index contributed by atoms with van der Waals surface area (Å²) in [7, 11) is 0. The second-order valence-electron chi connectivity index (χ2n) is 3.49. The van der Waals surface area contributed by atoms with E-state index >= 15 is 0 Å². The highest BCUT2D eigenvalue weighted by molar-refractivity contribution is 5.87. The predicted octanol–water partition coefficient (Wildman–Crippen LogP) is 1.74. The van der Waals surface area contributed by atoms with Crippen LogP contribution in [-0.2, 0) is 4.79 Å². The Hall–Kier alpha value is -2.17. The van der Waals surface area contributed by atoms with Crippen LogP contribution in [0.3, 0.4) is 0 Å². The molecule has 0 aromatic carbocycles. The fourth-order valence-electron chi connectivity index (χ4n) is 1.37. The maximum Gasteiger partial charge on any atom is 0.223 e. The van der Waals surface area contributed by atoms with E-state index in [0.717, 1.165) is 17.1 Å².